The summed E-state index contributed by atoms with van der Waals surface area (Å²) in [5, 5.41) is 8.44. The van der Waals surface area contributed by atoms with Crippen molar-refractivity contribution in [2.45, 2.75) is 43.8 Å². The first kappa shape index (κ1) is 16.6. The van der Waals surface area contributed by atoms with Gasteiger partial charge in [-0.1, -0.05) is 0 Å². The van der Waals surface area contributed by atoms with Crippen molar-refractivity contribution in [1.82, 2.24) is 4.98 Å². The molecule has 1 saturated carbocycles. The summed E-state index contributed by atoms with van der Waals surface area (Å²) in [6.07, 6.45) is 3.18. The normalized spacial score (nSPS) is 21.9. The first-order valence-electron chi connectivity index (χ1n) is 6.87. The van der Waals surface area contributed by atoms with Crippen LogP contribution in [0.2, 0.25) is 0 Å². The van der Waals surface area contributed by atoms with Gasteiger partial charge in [0.1, 0.15) is 12.7 Å². The minimum Gasteiger partial charge on any atom is -0.474 e. The lowest BCUT2D eigenvalue weighted by Crippen LogP contribution is -2.40. The van der Waals surface area contributed by atoms with Crippen LogP contribution in [0.25, 0.3) is 0 Å². The van der Waals surface area contributed by atoms with E-state index in [1.165, 1.54) is 0 Å². The van der Waals surface area contributed by atoms with Gasteiger partial charge < -0.3 is 14.6 Å². The molecule has 2 rings (SSSR count). The van der Waals surface area contributed by atoms with Gasteiger partial charge in [-0.05, 0) is 28.4 Å². The molecule has 0 atom stereocenters. The lowest BCUT2D eigenvalue weighted by atomic mass is 9.92. The van der Waals surface area contributed by atoms with Gasteiger partial charge in [0.15, 0.2) is 0 Å². The van der Waals surface area contributed by atoms with Crippen LogP contribution >= 0.6 is 15.9 Å². The molecule has 1 N–H and O–H groups in total. The summed E-state index contributed by atoms with van der Waals surface area (Å²) in [4.78, 5) is 4.12. The van der Waals surface area contributed by atoms with Gasteiger partial charge in [0.25, 0.3) is 5.92 Å². The molecule has 0 spiro atoms. The van der Waals surface area contributed by atoms with Crippen LogP contribution in [0.4, 0.5) is 8.78 Å². The van der Waals surface area contributed by atoms with Gasteiger partial charge in [-0.3, -0.25) is 0 Å². The zero-order valence-corrected chi connectivity index (χ0v) is 13.1. The van der Waals surface area contributed by atoms with E-state index in [-0.39, 0.29) is 31.7 Å². The number of aromatic nitrogens is 1. The van der Waals surface area contributed by atoms with E-state index in [0.29, 0.717) is 5.88 Å². The second-order valence-corrected chi connectivity index (χ2v) is 6.05. The van der Waals surface area contributed by atoms with Gasteiger partial charge in [-0.25, -0.2) is 13.8 Å². The third-order valence-corrected chi connectivity index (χ3v) is 3.78. The molecule has 1 heterocycles. The maximum atomic E-state index is 12.8. The Kier molecular flexibility index (Phi) is 5.89. The number of aliphatic hydroxyl groups excluding tert-OH is 1. The number of hydrogen-bond donors (Lipinski definition) is 1. The minimum absolute atomic E-state index is 0.0631. The Hall–Kier alpha value is -0.790. The van der Waals surface area contributed by atoms with E-state index in [2.05, 4.69) is 20.9 Å². The zero-order chi connectivity index (χ0) is 15.3. The van der Waals surface area contributed by atoms with Crippen LogP contribution in [0.5, 0.6) is 5.88 Å². The van der Waals surface area contributed by atoms with Crippen molar-refractivity contribution in [1.29, 1.82) is 0 Å². The summed E-state index contributed by atoms with van der Waals surface area (Å²) in [7, 11) is 0. The number of aliphatic hydroxyl groups is 1. The lowest BCUT2D eigenvalue weighted by molar-refractivity contribution is -0.0825. The van der Waals surface area contributed by atoms with Crippen molar-refractivity contribution in [2.75, 3.05) is 13.2 Å². The van der Waals surface area contributed by atoms with E-state index < -0.39 is 12.5 Å². The second-order valence-electron chi connectivity index (χ2n) is 5.14. The fraction of sp³-hybridized carbons (Fsp3) is 0.643. The van der Waals surface area contributed by atoms with Crippen LogP contribution in [-0.4, -0.2) is 41.4 Å². The SMILES string of the molecule is OCC(F)(F)CCCO[C@H]1C[C@H](Oc2ccc(Br)cn2)C1. The molecule has 0 saturated heterocycles. The van der Waals surface area contributed by atoms with E-state index in [1.807, 2.05) is 6.07 Å². The van der Waals surface area contributed by atoms with E-state index in [0.717, 1.165) is 17.3 Å². The fourth-order valence-corrected chi connectivity index (χ4v) is 2.25. The van der Waals surface area contributed by atoms with Crippen molar-refractivity contribution in [2.24, 2.45) is 0 Å². The number of rotatable bonds is 8. The number of alkyl halides is 2. The standard InChI is InChI=1S/C14H18BrF2NO3/c15-10-2-3-13(18-8-10)21-12-6-11(7-12)20-5-1-4-14(16,17)9-19/h2-3,8,11-12,19H,1,4-7,9H2/t11-,12-. The first-order chi connectivity index (χ1) is 9.98. The van der Waals surface area contributed by atoms with Gasteiger partial charge in [-0.15, -0.1) is 0 Å². The largest absolute Gasteiger partial charge is 0.474 e. The summed E-state index contributed by atoms with van der Waals surface area (Å²) < 4.78 is 37.6. The molecule has 118 valence electrons. The highest BCUT2D eigenvalue weighted by Gasteiger charge is 2.32. The molecule has 1 aromatic heterocycles. The van der Waals surface area contributed by atoms with Crippen LogP contribution in [0, 0.1) is 0 Å². The topological polar surface area (TPSA) is 51.6 Å². The maximum Gasteiger partial charge on any atom is 0.270 e. The molecular weight excluding hydrogens is 348 g/mol. The highest BCUT2D eigenvalue weighted by atomic mass is 79.9. The molecule has 0 aromatic carbocycles. The third kappa shape index (κ3) is 5.48. The van der Waals surface area contributed by atoms with Crippen LogP contribution in [0.1, 0.15) is 25.7 Å². The van der Waals surface area contributed by atoms with Gasteiger partial charge in [0.05, 0.1) is 6.10 Å². The summed E-state index contributed by atoms with van der Waals surface area (Å²) in [5.41, 5.74) is 0. The Bertz CT molecular complexity index is 438. The molecule has 1 aromatic rings. The van der Waals surface area contributed by atoms with Crippen molar-refractivity contribution in [3.63, 3.8) is 0 Å². The number of nitrogens with zero attached hydrogens (tertiary/aromatic N) is 1. The molecule has 0 amide bonds. The average Bonchev–Trinajstić information content (AvgIpc) is 2.42. The Balaban J connectivity index is 1.56. The zero-order valence-electron chi connectivity index (χ0n) is 11.5. The van der Waals surface area contributed by atoms with Crippen LogP contribution in [0.3, 0.4) is 0 Å². The summed E-state index contributed by atoms with van der Waals surface area (Å²) in [6.45, 7) is -0.823. The van der Waals surface area contributed by atoms with Crippen molar-refractivity contribution >= 4 is 15.9 Å². The fourth-order valence-electron chi connectivity index (χ4n) is 2.01. The molecule has 0 radical (unpaired) electrons. The number of ether oxygens (including phenoxy) is 2. The average molecular weight is 366 g/mol. The predicted molar refractivity (Wildman–Crippen MR) is 76.6 cm³/mol. The summed E-state index contributed by atoms with van der Waals surface area (Å²) >= 11 is 3.30. The van der Waals surface area contributed by atoms with Crippen molar-refractivity contribution in [3.05, 3.63) is 22.8 Å². The summed E-state index contributed by atoms with van der Waals surface area (Å²) in [5.74, 6) is -2.42. The Morgan fingerprint density at radius 2 is 2.10 bits per heavy atom. The molecule has 1 fully saturated rings. The molecule has 0 unspecified atom stereocenters. The van der Waals surface area contributed by atoms with Crippen molar-refractivity contribution in [3.8, 4) is 5.88 Å². The number of pyridine rings is 1. The van der Waals surface area contributed by atoms with Gasteiger partial charge in [0, 0.05) is 42.6 Å². The minimum atomic E-state index is -3.00. The highest BCUT2D eigenvalue weighted by molar-refractivity contribution is 9.10. The molecule has 21 heavy (non-hydrogen) atoms. The molecular formula is C14H18BrF2NO3. The van der Waals surface area contributed by atoms with Gasteiger partial charge >= 0.3 is 0 Å². The van der Waals surface area contributed by atoms with Crippen LogP contribution in [0.15, 0.2) is 22.8 Å². The molecule has 1 aliphatic rings. The van der Waals surface area contributed by atoms with E-state index in [4.69, 9.17) is 14.6 Å². The lowest BCUT2D eigenvalue weighted by Gasteiger charge is -2.34. The smallest absolute Gasteiger partial charge is 0.270 e. The maximum absolute atomic E-state index is 12.8. The Morgan fingerprint density at radius 3 is 2.71 bits per heavy atom. The predicted octanol–water partition coefficient (Wildman–Crippen LogP) is 3.18. The molecule has 4 nitrogen and oxygen atoms in total. The Morgan fingerprint density at radius 1 is 1.33 bits per heavy atom. The molecule has 0 aliphatic heterocycles. The van der Waals surface area contributed by atoms with Crippen LogP contribution in [-0.2, 0) is 4.74 Å². The number of hydrogen-bond acceptors (Lipinski definition) is 4. The molecule has 7 heteroatoms. The summed E-state index contributed by atoms with van der Waals surface area (Å²) in [6, 6.07) is 3.64. The van der Waals surface area contributed by atoms with Crippen molar-refractivity contribution < 1.29 is 23.4 Å². The second kappa shape index (κ2) is 7.47. The Labute approximate surface area is 130 Å². The quantitative estimate of drug-likeness (QED) is 0.718. The van der Waals surface area contributed by atoms with E-state index in [9.17, 15) is 8.78 Å². The third-order valence-electron chi connectivity index (χ3n) is 3.31. The molecule has 1 aliphatic carbocycles. The van der Waals surface area contributed by atoms with Gasteiger partial charge in [-0.2, -0.15) is 0 Å². The monoisotopic (exact) mass is 365 g/mol. The number of halogens is 3. The van der Waals surface area contributed by atoms with E-state index in [1.54, 1.807) is 12.3 Å². The van der Waals surface area contributed by atoms with Crippen LogP contribution < -0.4 is 4.74 Å². The van der Waals surface area contributed by atoms with Gasteiger partial charge in [0.2, 0.25) is 5.88 Å². The van der Waals surface area contributed by atoms with E-state index >= 15 is 0 Å². The molecule has 0 bridgehead atoms. The first-order valence-corrected chi connectivity index (χ1v) is 7.66. The highest BCUT2D eigenvalue weighted by Crippen LogP contribution is 2.28.